The van der Waals surface area contributed by atoms with E-state index in [-0.39, 0.29) is 0 Å². The van der Waals surface area contributed by atoms with E-state index in [0.29, 0.717) is 5.92 Å². The predicted octanol–water partition coefficient (Wildman–Crippen LogP) is 4.63. The molecule has 0 spiro atoms. The third-order valence-corrected chi connectivity index (χ3v) is 4.72. The van der Waals surface area contributed by atoms with E-state index in [2.05, 4.69) is 59.1 Å². The summed E-state index contributed by atoms with van der Waals surface area (Å²) in [6, 6.07) is 8.24. The van der Waals surface area contributed by atoms with Gasteiger partial charge in [-0.25, -0.2) is 4.98 Å². The van der Waals surface area contributed by atoms with Gasteiger partial charge in [0.1, 0.15) is 5.01 Å². The largest absolute Gasteiger partial charge is 0.312 e. The maximum atomic E-state index is 4.69. The molecule has 1 heterocycles. The van der Waals surface area contributed by atoms with Crippen LogP contribution in [0.1, 0.15) is 24.4 Å². The van der Waals surface area contributed by atoms with Crippen molar-refractivity contribution >= 4 is 27.3 Å². The zero-order valence-corrected chi connectivity index (χ0v) is 13.9. The van der Waals surface area contributed by atoms with Gasteiger partial charge in [-0.2, -0.15) is 0 Å². The molecule has 0 radical (unpaired) electrons. The normalized spacial score (nSPS) is 11.2. The molecular weight excluding hydrogens is 320 g/mol. The first-order chi connectivity index (χ1) is 9.08. The molecule has 0 atom stereocenters. The fourth-order valence-electron chi connectivity index (χ4n) is 1.82. The SMILES string of the molecule is Cc1nc(-c2ccccc2Br)sc1CNCC(C)C. The summed E-state index contributed by atoms with van der Waals surface area (Å²) >= 11 is 5.36. The lowest BCUT2D eigenvalue weighted by atomic mass is 10.2. The van der Waals surface area contributed by atoms with Gasteiger partial charge >= 0.3 is 0 Å². The number of rotatable bonds is 5. The molecular formula is C15H19BrN2S. The van der Waals surface area contributed by atoms with Gasteiger partial charge in [-0.1, -0.05) is 48.0 Å². The summed E-state index contributed by atoms with van der Waals surface area (Å²) in [7, 11) is 0. The molecule has 0 fully saturated rings. The second kappa shape index (κ2) is 6.64. The molecule has 19 heavy (non-hydrogen) atoms. The van der Waals surface area contributed by atoms with Crippen LogP contribution in [0.15, 0.2) is 28.7 Å². The van der Waals surface area contributed by atoms with Gasteiger partial charge in [0.2, 0.25) is 0 Å². The number of aryl methyl sites for hydroxylation is 1. The number of hydrogen-bond acceptors (Lipinski definition) is 3. The van der Waals surface area contributed by atoms with E-state index in [1.54, 1.807) is 11.3 Å². The number of nitrogens with one attached hydrogen (secondary N) is 1. The Morgan fingerprint density at radius 2 is 2.05 bits per heavy atom. The van der Waals surface area contributed by atoms with E-state index in [1.165, 1.54) is 10.4 Å². The van der Waals surface area contributed by atoms with Gasteiger partial charge < -0.3 is 5.32 Å². The Balaban J connectivity index is 2.15. The fourth-order valence-corrected chi connectivity index (χ4v) is 3.49. The average molecular weight is 339 g/mol. The monoisotopic (exact) mass is 338 g/mol. The molecule has 1 aromatic heterocycles. The van der Waals surface area contributed by atoms with Crippen LogP contribution in [0.4, 0.5) is 0 Å². The number of thiazole rings is 1. The van der Waals surface area contributed by atoms with Crippen LogP contribution in [0.5, 0.6) is 0 Å². The quantitative estimate of drug-likeness (QED) is 0.859. The van der Waals surface area contributed by atoms with Crippen molar-refractivity contribution in [3.05, 3.63) is 39.3 Å². The molecule has 102 valence electrons. The van der Waals surface area contributed by atoms with E-state index >= 15 is 0 Å². The molecule has 2 nitrogen and oxygen atoms in total. The molecule has 2 aromatic rings. The van der Waals surface area contributed by atoms with Gasteiger partial charge in [-0.3, -0.25) is 0 Å². The highest BCUT2D eigenvalue weighted by Gasteiger charge is 2.11. The average Bonchev–Trinajstić information content (AvgIpc) is 2.71. The predicted molar refractivity (Wildman–Crippen MR) is 86.5 cm³/mol. The molecule has 0 saturated carbocycles. The molecule has 4 heteroatoms. The summed E-state index contributed by atoms with van der Waals surface area (Å²) in [6.45, 7) is 8.48. The topological polar surface area (TPSA) is 24.9 Å². The van der Waals surface area contributed by atoms with Gasteiger partial charge in [-0.15, -0.1) is 11.3 Å². The Morgan fingerprint density at radius 1 is 1.32 bits per heavy atom. The minimum Gasteiger partial charge on any atom is -0.312 e. The second-order valence-corrected chi connectivity index (χ2v) is 6.97. The van der Waals surface area contributed by atoms with Gasteiger partial charge in [0.05, 0.1) is 5.69 Å². The van der Waals surface area contributed by atoms with E-state index in [0.717, 1.165) is 28.3 Å². The highest BCUT2D eigenvalue weighted by Crippen LogP contribution is 2.32. The van der Waals surface area contributed by atoms with Crippen LogP contribution in [0.3, 0.4) is 0 Å². The van der Waals surface area contributed by atoms with Crippen LogP contribution in [0.2, 0.25) is 0 Å². The summed E-state index contributed by atoms with van der Waals surface area (Å²) in [5.74, 6) is 0.677. The Kier molecular flexibility index (Phi) is 5.13. The molecule has 0 unspecified atom stereocenters. The minimum atomic E-state index is 0.677. The first-order valence-corrected chi connectivity index (χ1v) is 8.10. The van der Waals surface area contributed by atoms with E-state index in [1.807, 2.05) is 12.1 Å². The summed E-state index contributed by atoms with van der Waals surface area (Å²) in [5.41, 5.74) is 2.30. The Morgan fingerprint density at radius 3 is 2.74 bits per heavy atom. The second-order valence-electron chi connectivity index (χ2n) is 5.03. The molecule has 0 saturated heterocycles. The molecule has 0 aliphatic heterocycles. The number of aromatic nitrogens is 1. The number of halogens is 1. The molecule has 1 aromatic carbocycles. The first-order valence-electron chi connectivity index (χ1n) is 6.50. The summed E-state index contributed by atoms with van der Waals surface area (Å²) in [5, 5.41) is 4.57. The van der Waals surface area contributed by atoms with Gasteiger partial charge in [0, 0.05) is 21.5 Å². The third kappa shape index (κ3) is 3.88. The van der Waals surface area contributed by atoms with Crippen molar-refractivity contribution in [3.63, 3.8) is 0 Å². The molecule has 0 aliphatic rings. The van der Waals surface area contributed by atoms with Crippen molar-refractivity contribution in [1.82, 2.24) is 10.3 Å². The van der Waals surface area contributed by atoms with Crippen molar-refractivity contribution < 1.29 is 0 Å². The Labute approximate surface area is 127 Å². The summed E-state index contributed by atoms with van der Waals surface area (Å²) in [6.07, 6.45) is 0. The van der Waals surface area contributed by atoms with Crippen LogP contribution in [0.25, 0.3) is 10.6 Å². The zero-order chi connectivity index (χ0) is 13.8. The molecule has 0 aliphatic carbocycles. The highest BCUT2D eigenvalue weighted by atomic mass is 79.9. The van der Waals surface area contributed by atoms with Gasteiger partial charge in [0.25, 0.3) is 0 Å². The maximum absolute atomic E-state index is 4.69. The Hall–Kier alpha value is -0.710. The lowest BCUT2D eigenvalue weighted by molar-refractivity contribution is 0.554. The van der Waals surface area contributed by atoms with Crippen molar-refractivity contribution in [3.8, 4) is 10.6 Å². The van der Waals surface area contributed by atoms with Crippen LogP contribution >= 0.6 is 27.3 Å². The smallest absolute Gasteiger partial charge is 0.125 e. The lowest BCUT2D eigenvalue weighted by Crippen LogP contribution is -2.18. The maximum Gasteiger partial charge on any atom is 0.125 e. The summed E-state index contributed by atoms with van der Waals surface area (Å²) < 4.78 is 1.10. The van der Waals surface area contributed by atoms with Crippen LogP contribution in [0, 0.1) is 12.8 Å². The molecule has 2 rings (SSSR count). The van der Waals surface area contributed by atoms with Gasteiger partial charge in [-0.05, 0) is 25.5 Å². The zero-order valence-electron chi connectivity index (χ0n) is 11.5. The van der Waals surface area contributed by atoms with Crippen molar-refractivity contribution in [2.75, 3.05) is 6.54 Å². The van der Waals surface area contributed by atoms with E-state index in [9.17, 15) is 0 Å². The number of nitrogens with zero attached hydrogens (tertiary/aromatic N) is 1. The standard InChI is InChI=1S/C15H19BrN2S/c1-10(2)8-17-9-14-11(3)18-15(19-14)12-6-4-5-7-13(12)16/h4-7,10,17H,8-9H2,1-3H3. The van der Waals surface area contributed by atoms with Crippen molar-refractivity contribution in [2.45, 2.75) is 27.3 Å². The third-order valence-electron chi connectivity index (χ3n) is 2.84. The minimum absolute atomic E-state index is 0.677. The molecule has 0 bridgehead atoms. The van der Waals surface area contributed by atoms with Crippen LogP contribution in [-0.4, -0.2) is 11.5 Å². The van der Waals surface area contributed by atoms with Crippen LogP contribution in [-0.2, 0) is 6.54 Å². The van der Waals surface area contributed by atoms with E-state index < -0.39 is 0 Å². The number of benzene rings is 1. The molecule has 1 N–H and O–H groups in total. The van der Waals surface area contributed by atoms with Crippen LogP contribution < -0.4 is 5.32 Å². The molecule has 0 amide bonds. The van der Waals surface area contributed by atoms with Gasteiger partial charge in [0.15, 0.2) is 0 Å². The van der Waals surface area contributed by atoms with Crippen molar-refractivity contribution in [1.29, 1.82) is 0 Å². The first kappa shape index (κ1) is 14.7. The summed E-state index contributed by atoms with van der Waals surface area (Å²) in [4.78, 5) is 6.01. The highest BCUT2D eigenvalue weighted by molar-refractivity contribution is 9.10. The van der Waals surface area contributed by atoms with E-state index in [4.69, 9.17) is 0 Å². The van der Waals surface area contributed by atoms with Crippen molar-refractivity contribution in [2.24, 2.45) is 5.92 Å². The fraction of sp³-hybridized carbons (Fsp3) is 0.400. The lowest BCUT2D eigenvalue weighted by Gasteiger charge is -2.05. The number of hydrogen-bond donors (Lipinski definition) is 1. The Bertz CT molecular complexity index is 549.